The summed E-state index contributed by atoms with van der Waals surface area (Å²) in [4.78, 5) is 43.4. The standard InChI is InChI=1S/C21H28N8O13P2/c22-12-14(30)10(40-20(12)28-3-1-2-9(4-28)18(24)33)5-38-43(34,35)42-44(36,37)39-6-11-15(31)16(32)21(41-11)29-8-27-13-17(23)25-7-26-19(13)29/h1-4,7-8,10-12,14-16,20-21,30-32H,5-6,22H2,(H5-,23,24,25,26,33,34,35,36,37)/p+1/t10-,11-,12-,14-,15-,16-,20+,21-/m1/s1. The summed E-state index contributed by atoms with van der Waals surface area (Å²) in [5.41, 5.74) is 17.5. The molecule has 5 heterocycles. The molecule has 2 unspecified atom stereocenters. The molecule has 2 fully saturated rings. The molecule has 2 aliphatic heterocycles. The van der Waals surface area contributed by atoms with Crippen molar-refractivity contribution in [1.29, 1.82) is 0 Å². The number of aliphatic hydroxyl groups is 3. The highest BCUT2D eigenvalue weighted by molar-refractivity contribution is 7.61. The average molecular weight is 663 g/mol. The van der Waals surface area contributed by atoms with Gasteiger partial charge in [0.1, 0.15) is 54.0 Å². The van der Waals surface area contributed by atoms with E-state index in [-0.39, 0.29) is 22.5 Å². The second-order valence-corrected chi connectivity index (χ2v) is 12.8. The van der Waals surface area contributed by atoms with Crippen LogP contribution in [0.2, 0.25) is 0 Å². The zero-order valence-electron chi connectivity index (χ0n) is 22.4. The number of nitrogens with two attached hydrogens (primary N) is 3. The minimum absolute atomic E-state index is 0.0567. The van der Waals surface area contributed by atoms with Crippen LogP contribution in [0.3, 0.4) is 0 Å². The SMILES string of the molecule is NC(=O)c1ccc[n+]([C@H]2O[C@H](COP(=O)(O)OP(=O)(O)OC[C@H]3O[C@@H](n4cnc5c(N)ncnc54)[C@H](O)[C@@H]3O)[C@@H](O)[C@H]2N)c1. The van der Waals surface area contributed by atoms with E-state index < -0.39 is 83.8 Å². The molecule has 3 aromatic heterocycles. The van der Waals surface area contributed by atoms with Crippen molar-refractivity contribution in [2.24, 2.45) is 11.5 Å². The summed E-state index contributed by atoms with van der Waals surface area (Å²) in [7, 11) is -10.7. The Morgan fingerprint density at radius 1 is 1.02 bits per heavy atom. The average Bonchev–Trinajstić information content (AvgIpc) is 3.61. The van der Waals surface area contributed by atoms with Crippen LogP contribution in [-0.2, 0) is 32.0 Å². The number of fused-ring (bicyclic) bond motifs is 1. The molecule has 0 aliphatic carbocycles. The normalized spacial score (nSPS) is 31.6. The molecule has 2 saturated heterocycles. The van der Waals surface area contributed by atoms with E-state index in [0.717, 1.165) is 6.33 Å². The van der Waals surface area contributed by atoms with Crippen LogP contribution in [0.25, 0.3) is 11.2 Å². The number of primary amides is 1. The number of anilines is 1. The highest BCUT2D eigenvalue weighted by Gasteiger charge is 2.49. The van der Waals surface area contributed by atoms with Crippen molar-refractivity contribution in [3.05, 3.63) is 42.7 Å². The summed E-state index contributed by atoms with van der Waals surface area (Å²) in [5, 5.41) is 31.4. The Morgan fingerprint density at radius 3 is 2.34 bits per heavy atom. The smallest absolute Gasteiger partial charge is 0.388 e. The number of phosphoric ester groups is 2. The molecule has 1 amide bonds. The van der Waals surface area contributed by atoms with Gasteiger partial charge in [-0.2, -0.15) is 8.88 Å². The lowest BCUT2D eigenvalue weighted by Gasteiger charge is -2.20. The lowest BCUT2D eigenvalue weighted by molar-refractivity contribution is -0.761. The number of pyridine rings is 1. The van der Waals surface area contributed by atoms with Gasteiger partial charge in [0.15, 0.2) is 30.1 Å². The zero-order valence-corrected chi connectivity index (χ0v) is 24.2. The summed E-state index contributed by atoms with van der Waals surface area (Å²) >= 11 is 0. The van der Waals surface area contributed by atoms with Crippen molar-refractivity contribution in [2.75, 3.05) is 18.9 Å². The van der Waals surface area contributed by atoms with Gasteiger partial charge in [-0.05, 0) is 6.07 Å². The number of imidazole rings is 1. The maximum Gasteiger partial charge on any atom is 0.481 e. The zero-order chi connectivity index (χ0) is 32.0. The number of rotatable bonds is 11. The van der Waals surface area contributed by atoms with Crippen LogP contribution >= 0.6 is 15.6 Å². The fraction of sp³-hybridized carbons (Fsp3) is 0.476. The van der Waals surface area contributed by atoms with E-state index in [4.69, 9.17) is 35.7 Å². The topological polar surface area (TPSA) is 324 Å². The van der Waals surface area contributed by atoms with E-state index in [1.54, 1.807) is 0 Å². The third-order valence-corrected chi connectivity index (χ3v) is 9.43. The number of hydrogen-bond donors (Lipinski definition) is 8. The molecule has 240 valence electrons. The van der Waals surface area contributed by atoms with Crippen molar-refractivity contribution in [1.82, 2.24) is 19.5 Å². The number of hydrogen-bond acceptors (Lipinski definition) is 16. The van der Waals surface area contributed by atoms with Crippen molar-refractivity contribution in [3.8, 4) is 0 Å². The Kier molecular flexibility index (Phi) is 9.13. The quantitative estimate of drug-likeness (QED) is 0.0746. The summed E-state index contributed by atoms with van der Waals surface area (Å²) in [6.45, 7) is -1.70. The van der Waals surface area contributed by atoms with Gasteiger partial charge in [0.05, 0.1) is 19.5 Å². The monoisotopic (exact) mass is 663 g/mol. The second kappa shape index (κ2) is 12.4. The summed E-state index contributed by atoms with van der Waals surface area (Å²) < 4.78 is 52.4. The first-order chi connectivity index (χ1) is 20.7. The van der Waals surface area contributed by atoms with Crippen molar-refractivity contribution in [3.63, 3.8) is 0 Å². The van der Waals surface area contributed by atoms with Crippen LogP contribution in [0.5, 0.6) is 0 Å². The van der Waals surface area contributed by atoms with Crippen molar-refractivity contribution in [2.45, 2.75) is 49.0 Å². The Morgan fingerprint density at radius 2 is 1.68 bits per heavy atom. The number of carbonyl (C=O) groups is 1. The van der Waals surface area contributed by atoms with Crippen LogP contribution in [0.15, 0.2) is 37.2 Å². The fourth-order valence-corrected chi connectivity index (χ4v) is 6.73. The van der Waals surface area contributed by atoms with Gasteiger partial charge in [0.25, 0.3) is 12.1 Å². The molecule has 3 aromatic rings. The lowest BCUT2D eigenvalue weighted by atomic mass is 10.1. The first-order valence-electron chi connectivity index (χ1n) is 12.7. The molecule has 2 aliphatic rings. The maximum absolute atomic E-state index is 12.4. The van der Waals surface area contributed by atoms with Gasteiger partial charge in [-0.15, -0.1) is 0 Å². The van der Waals surface area contributed by atoms with Gasteiger partial charge in [-0.1, -0.05) is 0 Å². The molecule has 21 nitrogen and oxygen atoms in total. The van der Waals surface area contributed by atoms with Crippen LogP contribution in [0, 0.1) is 0 Å². The van der Waals surface area contributed by atoms with Crippen LogP contribution < -0.4 is 21.8 Å². The summed E-state index contributed by atoms with van der Waals surface area (Å²) in [5.74, 6) is -0.668. The molecule has 44 heavy (non-hydrogen) atoms. The first kappa shape index (κ1) is 32.4. The van der Waals surface area contributed by atoms with E-state index in [9.17, 15) is 39.0 Å². The Hall–Kier alpha value is -3.01. The minimum atomic E-state index is -5.34. The molecule has 0 bridgehead atoms. The highest BCUT2D eigenvalue weighted by atomic mass is 31.3. The predicted molar refractivity (Wildman–Crippen MR) is 141 cm³/mol. The van der Waals surface area contributed by atoms with Crippen LogP contribution in [0.1, 0.15) is 22.8 Å². The lowest BCUT2D eigenvalue weighted by Crippen LogP contribution is -2.50. The van der Waals surface area contributed by atoms with Gasteiger partial charge in [0, 0.05) is 6.07 Å². The van der Waals surface area contributed by atoms with E-state index in [1.807, 2.05) is 0 Å². The third kappa shape index (κ3) is 6.65. The molecule has 0 spiro atoms. The van der Waals surface area contributed by atoms with Gasteiger partial charge in [-0.3, -0.25) is 18.4 Å². The number of nitrogen functional groups attached to an aromatic ring is 1. The second-order valence-electron chi connectivity index (χ2n) is 9.78. The number of aromatic nitrogens is 5. The number of nitrogens with zero attached hydrogens (tertiary/aromatic N) is 5. The largest absolute Gasteiger partial charge is 0.481 e. The molecule has 0 saturated carbocycles. The Labute approximate surface area is 246 Å². The molecule has 0 aromatic carbocycles. The van der Waals surface area contributed by atoms with E-state index >= 15 is 0 Å². The number of aliphatic hydroxyl groups excluding tert-OH is 3. The third-order valence-electron chi connectivity index (χ3n) is 6.83. The number of ether oxygens (including phenoxy) is 2. The first-order valence-corrected chi connectivity index (χ1v) is 15.7. The van der Waals surface area contributed by atoms with Crippen molar-refractivity contribution < 1.29 is 66.4 Å². The van der Waals surface area contributed by atoms with E-state index in [2.05, 4.69) is 19.3 Å². The highest BCUT2D eigenvalue weighted by Crippen LogP contribution is 2.60. The van der Waals surface area contributed by atoms with Crippen molar-refractivity contribution >= 4 is 38.5 Å². The summed E-state index contributed by atoms with van der Waals surface area (Å²) in [6.07, 6.45) is -4.48. The number of amides is 1. The molecule has 23 heteroatoms. The maximum atomic E-state index is 12.4. The molecule has 0 radical (unpaired) electrons. The van der Waals surface area contributed by atoms with E-state index in [0.29, 0.717) is 0 Å². The molecule has 10 atom stereocenters. The Balaban J connectivity index is 1.16. The minimum Gasteiger partial charge on any atom is -0.388 e. The molecular weight excluding hydrogens is 634 g/mol. The van der Waals surface area contributed by atoms with E-state index in [1.165, 1.54) is 40.0 Å². The fourth-order valence-electron chi connectivity index (χ4n) is 4.64. The van der Waals surface area contributed by atoms with Gasteiger partial charge in [0.2, 0.25) is 0 Å². The van der Waals surface area contributed by atoms with Crippen LogP contribution in [0.4, 0.5) is 5.82 Å². The van der Waals surface area contributed by atoms with Gasteiger partial charge < -0.3 is 51.8 Å². The van der Waals surface area contributed by atoms with Gasteiger partial charge >= 0.3 is 15.6 Å². The molecular formula is C21H29N8O13P2+. The Bertz CT molecular complexity index is 1630. The number of carbonyl (C=O) groups excluding carboxylic acids is 1. The van der Waals surface area contributed by atoms with Crippen LogP contribution in [-0.4, -0.2) is 100 Å². The molecule has 5 rings (SSSR count). The predicted octanol–water partition coefficient (Wildman–Crippen LogP) is -3.05. The molecule has 11 N–H and O–H groups in total. The number of phosphoric acid groups is 2. The van der Waals surface area contributed by atoms with Gasteiger partial charge in [-0.25, -0.2) is 24.1 Å². The summed E-state index contributed by atoms with van der Waals surface area (Å²) in [6, 6.07) is 1.85.